The van der Waals surface area contributed by atoms with E-state index in [2.05, 4.69) is 29.2 Å². The van der Waals surface area contributed by atoms with Crippen molar-refractivity contribution in [2.45, 2.75) is 22.7 Å². The first-order chi connectivity index (χ1) is 8.37. The van der Waals surface area contributed by atoms with Crippen molar-refractivity contribution < 1.29 is 8.42 Å². The maximum absolute atomic E-state index is 12.4. The molecule has 1 aromatic carbocycles. The Kier molecular flexibility index (Phi) is 5.81. The summed E-state index contributed by atoms with van der Waals surface area (Å²) < 4.78 is 26.6. The number of aryl methyl sites for hydroxylation is 1. The van der Waals surface area contributed by atoms with Gasteiger partial charge in [-0.1, -0.05) is 53.3 Å². The first-order valence-electron chi connectivity index (χ1n) is 5.69. The summed E-state index contributed by atoms with van der Waals surface area (Å²) in [5.74, 6) is 0. The molecule has 0 aromatic heterocycles. The lowest BCUT2D eigenvalue weighted by atomic mass is 10.2. The van der Waals surface area contributed by atoms with Crippen LogP contribution in [0.3, 0.4) is 0 Å². The first-order valence-corrected chi connectivity index (χ1v) is 8.38. The Bertz CT molecular complexity index is 494. The lowest BCUT2D eigenvalue weighted by molar-refractivity contribution is 0.448. The Balaban J connectivity index is 3.08. The van der Waals surface area contributed by atoms with Gasteiger partial charge in [0.05, 0.1) is 4.90 Å². The Morgan fingerprint density at radius 1 is 1.39 bits per heavy atom. The molecule has 0 aliphatic rings. The van der Waals surface area contributed by atoms with E-state index < -0.39 is 10.0 Å². The molecule has 1 rings (SSSR count). The fourth-order valence-electron chi connectivity index (χ4n) is 1.55. The van der Waals surface area contributed by atoms with E-state index in [4.69, 9.17) is 0 Å². The van der Waals surface area contributed by atoms with Gasteiger partial charge in [-0.15, -0.1) is 6.58 Å². The summed E-state index contributed by atoms with van der Waals surface area (Å²) in [4.78, 5) is 0.340. The zero-order valence-electron chi connectivity index (χ0n) is 10.6. The molecule has 0 N–H and O–H groups in total. The molecule has 0 aliphatic heterocycles. The normalized spacial score (nSPS) is 13.6. The lowest BCUT2D eigenvalue weighted by Crippen LogP contribution is -2.35. The lowest BCUT2D eigenvalue weighted by Gasteiger charge is -2.22. The van der Waals surface area contributed by atoms with Crippen LogP contribution in [0.15, 0.2) is 41.8 Å². The third kappa shape index (κ3) is 4.07. The number of benzene rings is 1. The van der Waals surface area contributed by atoms with Crippen LogP contribution in [0.25, 0.3) is 0 Å². The van der Waals surface area contributed by atoms with Crippen LogP contribution in [0, 0.1) is 6.92 Å². The first kappa shape index (κ1) is 15.7. The quantitative estimate of drug-likeness (QED) is 0.433. The highest BCUT2D eigenvalue weighted by atomic mass is 127. The molecule has 0 amide bonds. The highest BCUT2D eigenvalue weighted by Crippen LogP contribution is 2.18. The molecule has 1 aromatic rings. The summed E-state index contributed by atoms with van der Waals surface area (Å²) in [6.45, 7) is 8.37. The molecule has 0 heterocycles. The number of nitrogens with zero attached hydrogens (tertiary/aromatic N) is 1. The van der Waals surface area contributed by atoms with Crippen molar-refractivity contribution in [1.82, 2.24) is 4.31 Å². The summed E-state index contributed by atoms with van der Waals surface area (Å²) in [5, 5.41) is 0. The SMILES string of the molecule is C=CCN(CC(C)I)S(=O)(=O)c1ccc(C)cc1. The minimum absolute atomic E-state index is 0.253. The minimum Gasteiger partial charge on any atom is -0.207 e. The Hall–Kier alpha value is -0.400. The molecule has 5 heteroatoms. The number of alkyl halides is 1. The molecule has 3 nitrogen and oxygen atoms in total. The standard InChI is InChI=1S/C13H18INO2S/c1-4-9-15(10-12(3)14)18(16,17)13-7-5-11(2)6-8-13/h4-8,12H,1,9-10H2,2-3H3. The highest BCUT2D eigenvalue weighted by molar-refractivity contribution is 14.1. The molecule has 0 fully saturated rings. The van der Waals surface area contributed by atoms with E-state index in [9.17, 15) is 8.42 Å². The van der Waals surface area contributed by atoms with Crippen LogP contribution in [0.2, 0.25) is 0 Å². The average molecular weight is 379 g/mol. The molecule has 0 radical (unpaired) electrons. The number of halogens is 1. The minimum atomic E-state index is -3.42. The van der Waals surface area contributed by atoms with Crippen LogP contribution < -0.4 is 0 Å². The second-order valence-electron chi connectivity index (χ2n) is 4.20. The van der Waals surface area contributed by atoms with Gasteiger partial charge in [0.15, 0.2) is 0 Å². The maximum Gasteiger partial charge on any atom is 0.243 e. The number of hydrogen-bond acceptors (Lipinski definition) is 2. The number of hydrogen-bond donors (Lipinski definition) is 0. The van der Waals surface area contributed by atoms with Crippen molar-refractivity contribution in [3.63, 3.8) is 0 Å². The molecular formula is C13H18INO2S. The maximum atomic E-state index is 12.4. The topological polar surface area (TPSA) is 37.4 Å². The third-order valence-electron chi connectivity index (χ3n) is 2.45. The smallest absolute Gasteiger partial charge is 0.207 e. The molecule has 1 unspecified atom stereocenters. The molecule has 0 bridgehead atoms. The second kappa shape index (κ2) is 6.68. The molecular weight excluding hydrogens is 361 g/mol. The van der Waals surface area contributed by atoms with Crippen LogP contribution in [0.4, 0.5) is 0 Å². The third-order valence-corrected chi connectivity index (χ3v) is 4.69. The van der Waals surface area contributed by atoms with E-state index in [1.54, 1.807) is 18.2 Å². The van der Waals surface area contributed by atoms with E-state index in [-0.39, 0.29) is 3.92 Å². The highest BCUT2D eigenvalue weighted by Gasteiger charge is 2.24. The van der Waals surface area contributed by atoms with Crippen LogP contribution >= 0.6 is 22.6 Å². The van der Waals surface area contributed by atoms with E-state index in [0.29, 0.717) is 18.0 Å². The van der Waals surface area contributed by atoms with Crippen molar-refractivity contribution in [1.29, 1.82) is 0 Å². The molecule has 1 atom stereocenters. The van der Waals surface area contributed by atoms with Gasteiger partial charge in [0.25, 0.3) is 0 Å². The van der Waals surface area contributed by atoms with Crippen LogP contribution in [0.5, 0.6) is 0 Å². The number of sulfonamides is 1. The molecule has 0 aliphatic carbocycles. The molecule has 0 saturated carbocycles. The van der Waals surface area contributed by atoms with E-state index in [0.717, 1.165) is 5.56 Å². The van der Waals surface area contributed by atoms with Gasteiger partial charge < -0.3 is 0 Å². The predicted molar refractivity (Wildman–Crippen MR) is 83.6 cm³/mol. The van der Waals surface area contributed by atoms with E-state index in [1.807, 2.05) is 26.0 Å². The molecule has 100 valence electrons. The Morgan fingerprint density at radius 2 is 1.94 bits per heavy atom. The van der Waals surface area contributed by atoms with Crippen molar-refractivity contribution >= 4 is 32.6 Å². The summed E-state index contributed by atoms with van der Waals surface area (Å²) in [5.41, 5.74) is 1.05. The van der Waals surface area contributed by atoms with Crippen LogP contribution in [-0.2, 0) is 10.0 Å². The fraction of sp³-hybridized carbons (Fsp3) is 0.385. The average Bonchev–Trinajstić information content (AvgIpc) is 2.28. The summed E-state index contributed by atoms with van der Waals surface area (Å²) in [6, 6.07) is 6.93. The summed E-state index contributed by atoms with van der Waals surface area (Å²) >= 11 is 2.22. The van der Waals surface area contributed by atoms with Gasteiger partial charge in [-0.25, -0.2) is 8.42 Å². The molecule has 0 saturated heterocycles. The van der Waals surface area contributed by atoms with Gasteiger partial charge in [0, 0.05) is 17.0 Å². The largest absolute Gasteiger partial charge is 0.243 e. The summed E-state index contributed by atoms with van der Waals surface area (Å²) in [7, 11) is -3.42. The molecule has 0 spiro atoms. The van der Waals surface area contributed by atoms with Gasteiger partial charge in [-0.05, 0) is 19.1 Å². The van der Waals surface area contributed by atoms with Crippen molar-refractivity contribution in [2.24, 2.45) is 0 Å². The van der Waals surface area contributed by atoms with Crippen molar-refractivity contribution in [3.8, 4) is 0 Å². The Labute approximate surface area is 123 Å². The van der Waals surface area contributed by atoms with Gasteiger partial charge in [0.2, 0.25) is 10.0 Å². The molecule has 18 heavy (non-hydrogen) atoms. The fourth-order valence-corrected chi connectivity index (χ4v) is 3.80. The van der Waals surface area contributed by atoms with Crippen molar-refractivity contribution in [3.05, 3.63) is 42.5 Å². The zero-order chi connectivity index (χ0) is 13.8. The predicted octanol–water partition coefficient (Wildman–Crippen LogP) is 3.00. The van der Waals surface area contributed by atoms with Gasteiger partial charge in [-0.2, -0.15) is 4.31 Å². The Morgan fingerprint density at radius 3 is 2.39 bits per heavy atom. The van der Waals surface area contributed by atoms with Gasteiger partial charge in [-0.3, -0.25) is 0 Å². The number of rotatable bonds is 6. The van der Waals surface area contributed by atoms with Crippen LogP contribution in [-0.4, -0.2) is 29.7 Å². The van der Waals surface area contributed by atoms with Gasteiger partial charge >= 0.3 is 0 Å². The van der Waals surface area contributed by atoms with Crippen molar-refractivity contribution in [2.75, 3.05) is 13.1 Å². The van der Waals surface area contributed by atoms with Crippen LogP contribution in [0.1, 0.15) is 12.5 Å². The van der Waals surface area contributed by atoms with E-state index >= 15 is 0 Å². The summed E-state index contributed by atoms with van der Waals surface area (Å²) in [6.07, 6.45) is 1.62. The van der Waals surface area contributed by atoms with E-state index in [1.165, 1.54) is 4.31 Å². The second-order valence-corrected chi connectivity index (χ2v) is 8.27. The zero-order valence-corrected chi connectivity index (χ0v) is 13.6. The monoisotopic (exact) mass is 379 g/mol. The van der Waals surface area contributed by atoms with Gasteiger partial charge in [0.1, 0.15) is 0 Å².